The Morgan fingerprint density at radius 1 is 1.23 bits per heavy atom. The van der Waals surface area contributed by atoms with E-state index in [0.29, 0.717) is 36.3 Å². The summed E-state index contributed by atoms with van der Waals surface area (Å²) in [5, 5.41) is 2.68. The smallest absolute Gasteiger partial charge is 0.434 e. The molecule has 14 heteroatoms. The van der Waals surface area contributed by atoms with Gasteiger partial charge in [-0.3, -0.25) is 14.7 Å². The van der Waals surface area contributed by atoms with Gasteiger partial charge in [0.2, 0.25) is 0 Å². The van der Waals surface area contributed by atoms with Crippen LogP contribution in [-0.4, -0.2) is 64.2 Å². The number of nitrogens with zero attached hydrogens (tertiary/aromatic N) is 4. The summed E-state index contributed by atoms with van der Waals surface area (Å²) in [4.78, 5) is 22.5. The van der Waals surface area contributed by atoms with Crippen LogP contribution in [0.2, 0.25) is 0 Å². The van der Waals surface area contributed by atoms with Crippen molar-refractivity contribution in [3.8, 4) is 5.75 Å². The van der Waals surface area contributed by atoms with Crippen molar-refractivity contribution in [1.82, 2.24) is 19.2 Å². The van der Waals surface area contributed by atoms with Crippen LogP contribution in [0.1, 0.15) is 38.7 Å². The van der Waals surface area contributed by atoms with Crippen molar-refractivity contribution in [2.45, 2.75) is 32.0 Å². The molecule has 2 aromatic heterocycles. The second-order valence-corrected chi connectivity index (χ2v) is 10.0. The van der Waals surface area contributed by atoms with Gasteiger partial charge in [-0.2, -0.15) is 17.5 Å². The second-order valence-electron chi connectivity index (χ2n) is 9.16. The van der Waals surface area contributed by atoms with Gasteiger partial charge < -0.3 is 10.1 Å². The lowest BCUT2D eigenvalue weighted by Gasteiger charge is -2.22. The molecule has 1 aliphatic rings. The van der Waals surface area contributed by atoms with Gasteiger partial charge in [0.15, 0.2) is 17.3 Å². The van der Waals surface area contributed by atoms with Crippen molar-refractivity contribution in [3.63, 3.8) is 0 Å². The molecular weight excluding hydrogens is 548 g/mol. The highest BCUT2D eigenvalue weighted by Gasteiger charge is 2.33. The van der Waals surface area contributed by atoms with E-state index in [-0.39, 0.29) is 41.6 Å². The van der Waals surface area contributed by atoms with E-state index in [9.17, 15) is 31.1 Å². The highest BCUT2D eigenvalue weighted by molar-refractivity contribution is 7.06. The number of carbonyl (C=O) groups excluding carboxylic acids is 1. The van der Waals surface area contributed by atoms with Gasteiger partial charge in [0.25, 0.3) is 5.91 Å². The Kier molecular flexibility index (Phi) is 9.05. The zero-order valence-corrected chi connectivity index (χ0v) is 21.6. The van der Waals surface area contributed by atoms with Crippen molar-refractivity contribution in [2.75, 3.05) is 38.4 Å². The average Bonchev–Trinajstić information content (AvgIpc) is 3.51. The molecule has 210 valence electrons. The molecule has 0 bridgehead atoms. The first kappa shape index (κ1) is 28.7. The minimum atomic E-state index is -4.61. The molecule has 1 aliphatic heterocycles. The molecule has 1 saturated heterocycles. The number of benzene rings is 1. The lowest BCUT2D eigenvalue weighted by Crippen LogP contribution is -2.37. The third-order valence-electron chi connectivity index (χ3n) is 6.35. The standard InChI is InChI=1S/C25H25F6N5O2S/c1-14-23(21(39-35-14)7-17-10-33-22(11-32-17)25(29,30)31)24(37)34-16-2-3-19(28)20(6-16)38-13-15-4-5-36(12-15)18(8-26)9-27/h2-3,6,10-11,15,18H,4-5,7-9,12-13H2,1H3,(H,34,37). The summed E-state index contributed by atoms with van der Waals surface area (Å²) in [5.41, 5.74) is 0.0117. The van der Waals surface area contributed by atoms with Crippen LogP contribution in [0, 0.1) is 18.7 Å². The van der Waals surface area contributed by atoms with Gasteiger partial charge in [-0.05, 0) is 43.6 Å². The number of halogens is 6. The molecule has 1 unspecified atom stereocenters. The van der Waals surface area contributed by atoms with Crippen LogP contribution in [-0.2, 0) is 12.6 Å². The number of ether oxygens (including phenoxy) is 1. The minimum Gasteiger partial charge on any atom is -0.490 e. The molecule has 1 aromatic carbocycles. The minimum absolute atomic E-state index is 0.0290. The van der Waals surface area contributed by atoms with Crippen LogP contribution in [0.5, 0.6) is 5.75 Å². The predicted octanol–water partition coefficient (Wildman–Crippen LogP) is 5.25. The SMILES string of the molecule is Cc1nsc(Cc2cnc(C(F)(F)F)cn2)c1C(=O)Nc1ccc(F)c(OCC2CCN(C(CF)CF)C2)c1. The third-order valence-corrected chi connectivity index (χ3v) is 7.29. The molecule has 4 rings (SSSR count). The van der Waals surface area contributed by atoms with E-state index >= 15 is 0 Å². The van der Waals surface area contributed by atoms with E-state index in [1.165, 1.54) is 12.1 Å². The number of alkyl halides is 5. The number of hydrogen-bond acceptors (Lipinski definition) is 7. The van der Waals surface area contributed by atoms with Crippen LogP contribution >= 0.6 is 11.5 Å². The topological polar surface area (TPSA) is 80.2 Å². The maximum absolute atomic E-state index is 14.4. The van der Waals surface area contributed by atoms with Gasteiger partial charge in [-0.1, -0.05) is 0 Å². The van der Waals surface area contributed by atoms with Gasteiger partial charge in [0, 0.05) is 41.7 Å². The van der Waals surface area contributed by atoms with E-state index in [1.807, 2.05) is 0 Å². The number of likely N-dealkylation sites (tertiary alicyclic amines) is 1. The zero-order valence-electron chi connectivity index (χ0n) is 20.8. The molecule has 1 fully saturated rings. The van der Waals surface area contributed by atoms with Gasteiger partial charge in [-0.15, -0.1) is 0 Å². The number of hydrogen-bond donors (Lipinski definition) is 1. The number of anilines is 1. The summed E-state index contributed by atoms with van der Waals surface area (Å²) in [6.45, 7) is 1.17. The Bertz CT molecular complexity index is 1280. The van der Waals surface area contributed by atoms with Crippen molar-refractivity contribution >= 4 is 23.1 Å². The van der Waals surface area contributed by atoms with Crippen LogP contribution in [0.4, 0.5) is 32.0 Å². The lowest BCUT2D eigenvalue weighted by molar-refractivity contribution is -0.141. The Hall–Kier alpha value is -3.26. The van der Waals surface area contributed by atoms with Gasteiger partial charge in [0.1, 0.15) is 13.3 Å². The molecular formula is C25H25F6N5O2S. The molecule has 1 N–H and O–H groups in total. The van der Waals surface area contributed by atoms with Crippen molar-refractivity contribution in [2.24, 2.45) is 5.92 Å². The van der Waals surface area contributed by atoms with Gasteiger partial charge in [0.05, 0.1) is 35.8 Å². The summed E-state index contributed by atoms with van der Waals surface area (Å²) in [6, 6.07) is 3.06. The second kappa shape index (κ2) is 12.3. The van der Waals surface area contributed by atoms with Gasteiger partial charge in [-0.25, -0.2) is 18.2 Å². The highest BCUT2D eigenvalue weighted by Crippen LogP contribution is 2.29. The summed E-state index contributed by atoms with van der Waals surface area (Å²) < 4.78 is 88.4. The number of aryl methyl sites for hydroxylation is 1. The first-order chi connectivity index (χ1) is 18.6. The molecule has 3 heterocycles. The van der Waals surface area contributed by atoms with Crippen LogP contribution < -0.4 is 10.1 Å². The Morgan fingerprint density at radius 3 is 2.67 bits per heavy atom. The molecule has 0 aliphatic carbocycles. The molecule has 7 nitrogen and oxygen atoms in total. The summed E-state index contributed by atoms with van der Waals surface area (Å²) in [6.07, 6.45) is -2.28. The summed E-state index contributed by atoms with van der Waals surface area (Å²) in [7, 11) is 0. The maximum atomic E-state index is 14.4. The number of nitrogens with one attached hydrogen (secondary N) is 1. The van der Waals surface area contributed by atoms with Crippen molar-refractivity contribution < 1.29 is 35.9 Å². The molecule has 3 aromatic rings. The van der Waals surface area contributed by atoms with E-state index in [2.05, 4.69) is 19.7 Å². The zero-order chi connectivity index (χ0) is 28.2. The van der Waals surface area contributed by atoms with Crippen LogP contribution in [0.3, 0.4) is 0 Å². The Labute approximate surface area is 224 Å². The summed E-state index contributed by atoms with van der Waals surface area (Å²) in [5.74, 6) is -1.29. The van der Waals surface area contributed by atoms with Crippen molar-refractivity contribution in [3.05, 3.63) is 63.9 Å². The predicted molar refractivity (Wildman–Crippen MR) is 132 cm³/mol. The van der Waals surface area contributed by atoms with E-state index < -0.39 is 43.0 Å². The van der Waals surface area contributed by atoms with E-state index in [1.54, 1.807) is 11.8 Å². The summed E-state index contributed by atoms with van der Waals surface area (Å²) >= 11 is 1.02. The largest absolute Gasteiger partial charge is 0.490 e. The molecule has 39 heavy (non-hydrogen) atoms. The fourth-order valence-corrected chi connectivity index (χ4v) is 5.13. The van der Waals surface area contributed by atoms with E-state index in [4.69, 9.17) is 4.74 Å². The normalized spacial score (nSPS) is 16.2. The molecule has 1 amide bonds. The quantitative estimate of drug-likeness (QED) is 0.334. The van der Waals surface area contributed by atoms with Crippen LogP contribution in [0.25, 0.3) is 0 Å². The van der Waals surface area contributed by atoms with E-state index in [0.717, 1.165) is 23.8 Å². The molecule has 0 spiro atoms. The molecule has 0 saturated carbocycles. The number of carbonyl (C=O) groups is 1. The molecule has 0 radical (unpaired) electrons. The van der Waals surface area contributed by atoms with Gasteiger partial charge >= 0.3 is 6.18 Å². The average molecular weight is 574 g/mol. The number of rotatable bonds is 10. The first-order valence-electron chi connectivity index (χ1n) is 12.0. The fourth-order valence-electron chi connectivity index (χ4n) is 4.24. The number of amides is 1. The van der Waals surface area contributed by atoms with Crippen molar-refractivity contribution in [1.29, 1.82) is 0 Å². The molecule has 1 atom stereocenters. The van der Waals surface area contributed by atoms with Crippen LogP contribution in [0.15, 0.2) is 30.6 Å². The monoisotopic (exact) mass is 573 g/mol. The maximum Gasteiger partial charge on any atom is 0.434 e. The Balaban J connectivity index is 1.40. The Morgan fingerprint density at radius 2 is 2.00 bits per heavy atom. The lowest BCUT2D eigenvalue weighted by atomic mass is 10.1. The third kappa shape index (κ3) is 7.04. The highest BCUT2D eigenvalue weighted by atomic mass is 32.1. The fraction of sp³-hybridized carbons (Fsp3) is 0.440. The first-order valence-corrected chi connectivity index (χ1v) is 12.8. The number of aromatic nitrogens is 3.